The van der Waals surface area contributed by atoms with Gasteiger partial charge in [0.2, 0.25) is 5.95 Å². The molecule has 0 spiro atoms. The van der Waals surface area contributed by atoms with Gasteiger partial charge in [0.05, 0.1) is 34.6 Å². The van der Waals surface area contributed by atoms with Crippen LogP contribution in [0.4, 0.5) is 5.95 Å². The van der Waals surface area contributed by atoms with Gasteiger partial charge in [0, 0.05) is 6.54 Å². The first-order valence-corrected chi connectivity index (χ1v) is 10.6. The van der Waals surface area contributed by atoms with Crippen molar-refractivity contribution < 1.29 is 4.42 Å². The largest absolute Gasteiger partial charge is 0.467 e. The Morgan fingerprint density at radius 2 is 2.03 bits per heavy atom. The molecular formula is C21H20Cl2N6O. The van der Waals surface area contributed by atoms with Crippen LogP contribution in [-0.2, 0) is 13.1 Å². The molecule has 0 saturated carbocycles. The predicted octanol–water partition coefficient (Wildman–Crippen LogP) is 4.61. The summed E-state index contributed by atoms with van der Waals surface area (Å²) < 4.78 is 7.48. The molecule has 7 nitrogen and oxygen atoms in total. The molecule has 9 heteroatoms. The minimum absolute atomic E-state index is 0.483. The number of hydrogen-bond donors (Lipinski definition) is 2. The second kappa shape index (κ2) is 8.26. The molecule has 30 heavy (non-hydrogen) atoms. The van der Waals surface area contributed by atoms with Crippen molar-refractivity contribution in [3.05, 3.63) is 58.6 Å². The number of anilines is 1. The zero-order valence-electron chi connectivity index (χ0n) is 16.1. The van der Waals surface area contributed by atoms with E-state index in [0.29, 0.717) is 39.8 Å². The quantitative estimate of drug-likeness (QED) is 0.453. The van der Waals surface area contributed by atoms with Crippen LogP contribution in [-0.4, -0.2) is 32.6 Å². The standard InChI is InChI=1S/C21H20Cl2N6O/c22-15-4-1-5-16(23)18(15)20-27-17-11-26-21(25-10-14-3-2-8-30-14)28-19(17)29(20)12-13-6-7-24-9-13/h1-5,8,11,13,24H,6-7,9-10,12H2,(H,25,26,28). The number of furan rings is 1. The monoisotopic (exact) mass is 442 g/mol. The zero-order chi connectivity index (χ0) is 20.5. The molecule has 0 radical (unpaired) electrons. The van der Waals surface area contributed by atoms with E-state index in [2.05, 4.69) is 20.2 Å². The highest BCUT2D eigenvalue weighted by atomic mass is 35.5. The molecule has 1 aliphatic rings. The summed E-state index contributed by atoms with van der Waals surface area (Å²) in [5.41, 5.74) is 2.18. The van der Waals surface area contributed by atoms with Crippen molar-refractivity contribution in [1.29, 1.82) is 0 Å². The van der Waals surface area contributed by atoms with E-state index in [9.17, 15) is 0 Å². The van der Waals surface area contributed by atoms with E-state index in [0.717, 1.165) is 43.0 Å². The minimum atomic E-state index is 0.483. The molecule has 1 aliphatic heterocycles. The number of halogens is 2. The highest BCUT2D eigenvalue weighted by Gasteiger charge is 2.23. The van der Waals surface area contributed by atoms with Gasteiger partial charge in [-0.25, -0.2) is 9.97 Å². The molecule has 4 heterocycles. The Morgan fingerprint density at radius 3 is 2.77 bits per heavy atom. The number of aromatic nitrogens is 4. The average molecular weight is 443 g/mol. The smallest absolute Gasteiger partial charge is 0.225 e. The van der Waals surface area contributed by atoms with Gasteiger partial charge in [-0.3, -0.25) is 0 Å². The van der Waals surface area contributed by atoms with Crippen LogP contribution in [0.2, 0.25) is 10.0 Å². The van der Waals surface area contributed by atoms with Crippen molar-refractivity contribution in [2.45, 2.75) is 19.5 Å². The fourth-order valence-electron chi connectivity index (χ4n) is 3.79. The van der Waals surface area contributed by atoms with Gasteiger partial charge < -0.3 is 19.6 Å². The first-order valence-electron chi connectivity index (χ1n) is 9.83. The van der Waals surface area contributed by atoms with Crippen molar-refractivity contribution in [2.24, 2.45) is 5.92 Å². The van der Waals surface area contributed by atoms with Crippen LogP contribution in [0, 0.1) is 5.92 Å². The van der Waals surface area contributed by atoms with E-state index in [4.69, 9.17) is 37.6 Å². The van der Waals surface area contributed by atoms with Crippen molar-refractivity contribution in [3.63, 3.8) is 0 Å². The summed E-state index contributed by atoms with van der Waals surface area (Å²) in [6, 6.07) is 9.24. The number of nitrogens with one attached hydrogen (secondary N) is 2. The lowest BCUT2D eigenvalue weighted by Crippen LogP contribution is -2.16. The number of rotatable bonds is 6. The third kappa shape index (κ3) is 3.76. The Morgan fingerprint density at radius 1 is 1.17 bits per heavy atom. The molecule has 1 fully saturated rings. The van der Waals surface area contributed by atoms with E-state index in [1.54, 1.807) is 12.5 Å². The summed E-state index contributed by atoms with van der Waals surface area (Å²) in [6.07, 6.45) is 4.47. The molecule has 0 bridgehead atoms. The summed E-state index contributed by atoms with van der Waals surface area (Å²) in [5.74, 6) is 2.52. The van der Waals surface area contributed by atoms with Crippen LogP contribution in [0.3, 0.4) is 0 Å². The highest BCUT2D eigenvalue weighted by molar-refractivity contribution is 6.39. The second-order valence-corrected chi connectivity index (χ2v) is 8.15. The summed E-state index contributed by atoms with van der Waals surface area (Å²) in [6.45, 7) is 3.26. The molecule has 1 atom stereocenters. The minimum Gasteiger partial charge on any atom is -0.467 e. The average Bonchev–Trinajstić information content (AvgIpc) is 3.49. The maximum atomic E-state index is 6.51. The molecule has 1 saturated heterocycles. The summed E-state index contributed by atoms with van der Waals surface area (Å²) >= 11 is 13.0. The Bertz CT molecular complexity index is 1150. The molecule has 3 aromatic heterocycles. The molecular weight excluding hydrogens is 423 g/mol. The first kappa shape index (κ1) is 19.4. The number of benzene rings is 1. The maximum absolute atomic E-state index is 6.51. The molecule has 0 amide bonds. The number of nitrogens with zero attached hydrogens (tertiary/aromatic N) is 4. The van der Waals surface area contributed by atoms with Gasteiger partial charge in [-0.15, -0.1) is 0 Å². The van der Waals surface area contributed by atoms with Crippen LogP contribution in [0.25, 0.3) is 22.6 Å². The maximum Gasteiger partial charge on any atom is 0.225 e. The van der Waals surface area contributed by atoms with Crippen molar-refractivity contribution >= 4 is 40.3 Å². The van der Waals surface area contributed by atoms with Gasteiger partial charge in [0.1, 0.15) is 17.1 Å². The van der Waals surface area contributed by atoms with Crippen LogP contribution < -0.4 is 10.6 Å². The lowest BCUT2D eigenvalue weighted by molar-refractivity contribution is 0.490. The molecule has 2 N–H and O–H groups in total. The first-order chi connectivity index (χ1) is 14.7. The van der Waals surface area contributed by atoms with Gasteiger partial charge in [0.15, 0.2) is 5.65 Å². The summed E-state index contributed by atoms with van der Waals surface area (Å²) in [7, 11) is 0. The van der Waals surface area contributed by atoms with Crippen LogP contribution in [0.15, 0.2) is 47.2 Å². The topological polar surface area (TPSA) is 80.8 Å². The van der Waals surface area contributed by atoms with Gasteiger partial charge in [-0.05, 0) is 49.7 Å². The van der Waals surface area contributed by atoms with Crippen molar-refractivity contribution in [3.8, 4) is 11.4 Å². The van der Waals surface area contributed by atoms with E-state index in [-0.39, 0.29) is 0 Å². The third-order valence-corrected chi connectivity index (χ3v) is 5.91. The summed E-state index contributed by atoms with van der Waals surface area (Å²) in [5, 5.41) is 7.76. The van der Waals surface area contributed by atoms with Crippen LogP contribution in [0.1, 0.15) is 12.2 Å². The van der Waals surface area contributed by atoms with Crippen molar-refractivity contribution in [2.75, 3.05) is 18.4 Å². The van der Waals surface area contributed by atoms with Crippen molar-refractivity contribution in [1.82, 2.24) is 24.8 Å². The molecule has 4 aromatic rings. The van der Waals surface area contributed by atoms with Gasteiger partial charge >= 0.3 is 0 Å². The van der Waals surface area contributed by atoms with E-state index < -0.39 is 0 Å². The fraction of sp³-hybridized carbons (Fsp3) is 0.286. The van der Waals surface area contributed by atoms with Crippen LogP contribution in [0.5, 0.6) is 0 Å². The van der Waals surface area contributed by atoms with Gasteiger partial charge in [-0.1, -0.05) is 29.3 Å². The Kier molecular flexibility index (Phi) is 5.33. The Hall–Kier alpha value is -2.61. The van der Waals surface area contributed by atoms with Crippen LogP contribution >= 0.6 is 23.2 Å². The fourth-order valence-corrected chi connectivity index (χ4v) is 4.35. The van der Waals surface area contributed by atoms with E-state index in [1.807, 2.05) is 30.3 Å². The third-order valence-electron chi connectivity index (χ3n) is 5.28. The zero-order valence-corrected chi connectivity index (χ0v) is 17.6. The predicted molar refractivity (Wildman–Crippen MR) is 118 cm³/mol. The lowest BCUT2D eigenvalue weighted by Gasteiger charge is -2.15. The summed E-state index contributed by atoms with van der Waals surface area (Å²) in [4.78, 5) is 14.0. The van der Waals surface area contributed by atoms with E-state index >= 15 is 0 Å². The van der Waals surface area contributed by atoms with Gasteiger partial charge in [-0.2, -0.15) is 4.98 Å². The number of imidazole rings is 1. The Balaban J connectivity index is 1.58. The van der Waals surface area contributed by atoms with E-state index in [1.165, 1.54) is 0 Å². The highest BCUT2D eigenvalue weighted by Crippen LogP contribution is 2.36. The molecule has 1 aromatic carbocycles. The van der Waals surface area contributed by atoms with Gasteiger partial charge in [0.25, 0.3) is 0 Å². The number of hydrogen-bond acceptors (Lipinski definition) is 6. The Labute approximate surface area is 183 Å². The SMILES string of the molecule is Clc1cccc(Cl)c1-c1nc2cnc(NCc3ccco3)nc2n1CC1CCNC1. The molecule has 5 rings (SSSR count). The number of fused-ring (bicyclic) bond motifs is 1. The lowest BCUT2D eigenvalue weighted by atomic mass is 10.1. The molecule has 1 unspecified atom stereocenters. The normalized spacial score (nSPS) is 16.4. The molecule has 154 valence electrons. The second-order valence-electron chi connectivity index (χ2n) is 7.34. The molecule has 0 aliphatic carbocycles.